The lowest BCUT2D eigenvalue weighted by Gasteiger charge is -2.32. The van der Waals surface area contributed by atoms with E-state index in [0.29, 0.717) is 22.4 Å². The lowest BCUT2D eigenvalue weighted by molar-refractivity contribution is 0.0601. The van der Waals surface area contributed by atoms with E-state index >= 15 is 0 Å². The number of esters is 1. The number of rotatable bonds is 8. The van der Waals surface area contributed by atoms with Crippen LogP contribution in [0.4, 0.5) is 5.69 Å². The zero-order valence-electron chi connectivity index (χ0n) is 24.0. The molecule has 0 saturated carbocycles. The number of ether oxygens (including phenoxy) is 1. The third kappa shape index (κ3) is 5.86. The molecule has 5 aromatic rings. The molecule has 0 bridgehead atoms. The molecule has 0 aliphatic carbocycles. The molecule has 1 aliphatic rings. The second-order valence-electron chi connectivity index (χ2n) is 10.8. The molecule has 214 valence electrons. The van der Waals surface area contributed by atoms with E-state index in [-0.39, 0.29) is 5.88 Å². The summed E-state index contributed by atoms with van der Waals surface area (Å²) in [6, 6.07) is 27.6. The van der Waals surface area contributed by atoms with Crippen LogP contribution in [0.25, 0.3) is 10.9 Å². The first-order valence-corrected chi connectivity index (χ1v) is 14.2. The van der Waals surface area contributed by atoms with Crippen LogP contribution in [0.2, 0.25) is 0 Å². The Bertz CT molecular complexity index is 1710. The number of fused-ring (bicyclic) bond motifs is 1. The molecular weight excluding hydrogens is 526 g/mol. The van der Waals surface area contributed by atoms with Crippen molar-refractivity contribution < 1.29 is 14.6 Å². The number of hydrogen-bond acceptors (Lipinski definition) is 6. The van der Waals surface area contributed by atoms with E-state index in [1.54, 1.807) is 12.1 Å². The monoisotopic (exact) mass is 561 g/mol. The highest BCUT2D eigenvalue weighted by molar-refractivity contribution is 6.22. The van der Waals surface area contributed by atoms with Crippen molar-refractivity contribution in [1.82, 2.24) is 19.4 Å². The summed E-state index contributed by atoms with van der Waals surface area (Å²) < 4.78 is 7.18. The fraction of sp³-hybridized carbons (Fsp3) is 0.235. The van der Waals surface area contributed by atoms with Crippen molar-refractivity contribution in [2.45, 2.75) is 13.1 Å². The fourth-order valence-corrected chi connectivity index (χ4v) is 5.51. The zero-order valence-corrected chi connectivity index (χ0v) is 24.0. The van der Waals surface area contributed by atoms with Gasteiger partial charge in [-0.1, -0.05) is 48.5 Å². The van der Waals surface area contributed by atoms with Crippen LogP contribution >= 0.6 is 0 Å². The zero-order chi connectivity index (χ0) is 29.1. The van der Waals surface area contributed by atoms with Gasteiger partial charge in [0.2, 0.25) is 0 Å². The van der Waals surface area contributed by atoms with Crippen LogP contribution in [0.15, 0.2) is 96.1 Å². The van der Waals surface area contributed by atoms with Gasteiger partial charge in [0.25, 0.3) is 0 Å². The maximum atomic E-state index is 12.1. The number of aromatic hydroxyl groups is 1. The van der Waals surface area contributed by atoms with E-state index < -0.39 is 5.97 Å². The molecule has 3 aromatic carbocycles. The van der Waals surface area contributed by atoms with Gasteiger partial charge in [0.1, 0.15) is 0 Å². The van der Waals surface area contributed by atoms with E-state index in [4.69, 9.17) is 9.73 Å². The predicted octanol–water partition coefficient (Wildman–Crippen LogP) is 5.43. The first-order chi connectivity index (χ1) is 20.5. The summed E-state index contributed by atoms with van der Waals surface area (Å²) in [6.07, 6.45) is 2.15. The third-order valence-corrected chi connectivity index (χ3v) is 7.92. The van der Waals surface area contributed by atoms with Gasteiger partial charge in [-0.05, 0) is 49.0 Å². The molecule has 0 atom stereocenters. The van der Waals surface area contributed by atoms with Gasteiger partial charge < -0.3 is 24.3 Å². The molecule has 0 radical (unpaired) electrons. The number of aromatic nitrogens is 2. The molecule has 42 heavy (non-hydrogen) atoms. The minimum absolute atomic E-state index is 0.00766. The third-order valence-electron chi connectivity index (χ3n) is 7.92. The number of piperazine rings is 1. The first kappa shape index (κ1) is 27.5. The molecule has 1 aliphatic heterocycles. The summed E-state index contributed by atoms with van der Waals surface area (Å²) in [5.74, 6) is -0.442. The molecular formula is C34H35N5O3. The van der Waals surface area contributed by atoms with Gasteiger partial charge in [0.05, 0.1) is 29.6 Å². The Hall–Kier alpha value is -4.66. The highest BCUT2D eigenvalue weighted by Gasteiger charge is 2.20. The predicted molar refractivity (Wildman–Crippen MR) is 166 cm³/mol. The maximum absolute atomic E-state index is 12.1. The van der Waals surface area contributed by atoms with Crippen molar-refractivity contribution in [3.63, 3.8) is 0 Å². The van der Waals surface area contributed by atoms with Crippen molar-refractivity contribution in [3.8, 4) is 5.88 Å². The van der Waals surface area contributed by atoms with E-state index in [2.05, 4.69) is 56.9 Å². The Kier molecular flexibility index (Phi) is 7.90. The van der Waals surface area contributed by atoms with Crippen molar-refractivity contribution in [2.75, 3.05) is 40.3 Å². The highest BCUT2D eigenvalue weighted by Crippen LogP contribution is 2.32. The van der Waals surface area contributed by atoms with Gasteiger partial charge in [-0.2, -0.15) is 0 Å². The van der Waals surface area contributed by atoms with E-state index in [0.717, 1.165) is 55.9 Å². The summed E-state index contributed by atoms with van der Waals surface area (Å²) in [6.45, 7) is 6.15. The molecule has 1 saturated heterocycles. The minimum atomic E-state index is -0.434. The van der Waals surface area contributed by atoms with Gasteiger partial charge in [0.15, 0.2) is 5.88 Å². The number of methoxy groups -OCH3 is 1. The van der Waals surface area contributed by atoms with Crippen molar-refractivity contribution in [3.05, 3.63) is 119 Å². The average molecular weight is 562 g/mol. The van der Waals surface area contributed by atoms with Gasteiger partial charge in [0, 0.05) is 67.6 Å². The second-order valence-corrected chi connectivity index (χ2v) is 10.8. The number of aliphatic imine (C=N–C) groups is 1. The van der Waals surface area contributed by atoms with Crippen LogP contribution in [0.3, 0.4) is 0 Å². The molecule has 8 heteroatoms. The first-order valence-electron chi connectivity index (χ1n) is 14.2. The normalized spacial score (nSPS) is 14.9. The van der Waals surface area contributed by atoms with E-state index in [9.17, 15) is 9.90 Å². The second kappa shape index (κ2) is 12.1. The largest absolute Gasteiger partial charge is 0.494 e. The van der Waals surface area contributed by atoms with Crippen molar-refractivity contribution in [2.24, 2.45) is 4.99 Å². The number of nitrogens with zero attached hydrogens (tertiary/aromatic N) is 4. The molecule has 8 nitrogen and oxygen atoms in total. The number of nitrogens with one attached hydrogen (secondary N) is 1. The maximum Gasteiger partial charge on any atom is 0.337 e. The summed E-state index contributed by atoms with van der Waals surface area (Å²) in [7, 11) is 3.53. The number of carbonyl (C=O) groups excluding carboxylic acids is 1. The lowest BCUT2D eigenvalue weighted by atomic mass is 10.00. The SMILES string of the molecule is COC(=O)c1ccc2c(C(=Nc3ccc(Cn4cccc4CN4CCN(C)CC4)cc3)c3ccccc3)c(O)[nH]c2c1. The number of benzene rings is 3. The Morgan fingerprint density at radius 3 is 2.40 bits per heavy atom. The number of carbonyl (C=O) groups is 1. The Balaban J connectivity index is 1.28. The van der Waals surface area contributed by atoms with E-state index in [1.165, 1.54) is 18.4 Å². The average Bonchev–Trinajstić information content (AvgIpc) is 3.59. The number of aromatic amines is 1. The van der Waals surface area contributed by atoms with Crippen LogP contribution in [0.5, 0.6) is 5.88 Å². The summed E-state index contributed by atoms with van der Waals surface area (Å²) in [5.41, 5.74) is 6.41. The summed E-state index contributed by atoms with van der Waals surface area (Å²) >= 11 is 0. The highest BCUT2D eigenvalue weighted by atomic mass is 16.5. The molecule has 0 unspecified atom stereocenters. The molecule has 2 aromatic heterocycles. The van der Waals surface area contributed by atoms with Gasteiger partial charge in [-0.25, -0.2) is 9.79 Å². The molecule has 0 spiro atoms. The topological polar surface area (TPSA) is 86.1 Å². The fourth-order valence-electron chi connectivity index (χ4n) is 5.51. The van der Waals surface area contributed by atoms with Gasteiger partial charge in [-0.3, -0.25) is 4.90 Å². The summed E-state index contributed by atoms with van der Waals surface area (Å²) in [4.78, 5) is 25.0. The van der Waals surface area contributed by atoms with Crippen molar-refractivity contribution >= 4 is 28.3 Å². The lowest BCUT2D eigenvalue weighted by Crippen LogP contribution is -2.44. The van der Waals surface area contributed by atoms with Crippen LogP contribution in [0, 0.1) is 0 Å². The van der Waals surface area contributed by atoms with Crippen LogP contribution in [0.1, 0.15) is 32.7 Å². The number of H-pyrrole nitrogens is 1. The van der Waals surface area contributed by atoms with Crippen LogP contribution in [-0.4, -0.2) is 76.5 Å². The van der Waals surface area contributed by atoms with Crippen molar-refractivity contribution in [1.29, 1.82) is 0 Å². The van der Waals surface area contributed by atoms with E-state index in [1.807, 2.05) is 48.5 Å². The quantitative estimate of drug-likeness (QED) is 0.195. The minimum Gasteiger partial charge on any atom is -0.494 e. The standard InChI is InChI=1S/C34H35N5O3/c1-37-17-19-38(20-18-37)23-28-9-6-16-39(28)22-24-10-13-27(14-11-24)35-32(25-7-4-3-5-8-25)31-29-15-12-26(34(41)42-2)21-30(29)36-33(31)40/h3-16,21,36,40H,17-20,22-23H2,1-2H3. The molecule has 2 N–H and O–H groups in total. The van der Waals surface area contributed by atoms with Gasteiger partial charge >= 0.3 is 5.97 Å². The molecule has 6 rings (SSSR count). The summed E-state index contributed by atoms with van der Waals surface area (Å²) in [5, 5.41) is 11.8. The molecule has 3 heterocycles. The Labute approximate surface area is 245 Å². The van der Waals surface area contributed by atoms with Crippen LogP contribution < -0.4 is 0 Å². The number of hydrogen-bond donors (Lipinski definition) is 2. The van der Waals surface area contributed by atoms with Crippen LogP contribution in [-0.2, 0) is 17.8 Å². The van der Waals surface area contributed by atoms with Gasteiger partial charge in [-0.15, -0.1) is 0 Å². The Morgan fingerprint density at radius 1 is 0.905 bits per heavy atom. The number of likely N-dealkylation sites (N-methyl/N-ethyl adjacent to an activating group) is 1. The Morgan fingerprint density at radius 2 is 1.67 bits per heavy atom. The smallest absolute Gasteiger partial charge is 0.337 e. The molecule has 1 fully saturated rings. The molecule has 0 amide bonds.